The Kier molecular flexibility index (Phi) is 4.29. The molecule has 0 aliphatic carbocycles. The molecule has 28 heavy (non-hydrogen) atoms. The van der Waals surface area contributed by atoms with Gasteiger partial charge in [0.2, 0.25) is 0 Å². The Morgan fingerprint density at radius 3 is 2.50 bits per heavy atom. The number of carbonyl (C=O) groups excluding carboxylic acids is 1. The molecule has 0 aliphatic heterocycles. The number of aryl methyl sites for hydroxylation is 1. The van der Waals surface area contributed by atoms with Crippen LogP contribution in [0.15, 0.2) is 66.7 Å². The van der Waals surface area contributed by atoms with Crippen LogP contribution < -0.4 is 5.32 Å². The average Bonchev–Trinajstić information content (AvgIpc) is 3.12. The second kappa shape index (κ2) is 6.92. The number of amides is 1. The predicted octanol–water partition coefficient (Wildman–Crippen LogP) is 3.89. The summed E-state index contributed by atoms with van der Waals surface area (Å²) >= 11 is 0. The van der Waals surface area contributed by atoms with Crippen LogP contribution in [0.5, 0.6) is 0 Å². The van der Waals surface area contributed by atoms with E-state index >= 15 is 0 Å². The van der Waals surface area contributed by atoms with Crippen LogP contribution in [-0.4, -0.2) is 25.8 Å². The number of anilines is 1. The summed E-state index contributed by atoms with van der Waals surface area (Å²) in [6, 6.07) is 18.5. The molecule has 3 aromatic carbocycles. The average molecular weight is 373 g/mol. The van der Waals surface area contributed by atoms with Crippen LogP contribution in [-0.2, 0) is 0 Å². The first kappa shape index (κ1) is 17.3. The van der Waals surface area contributed by atoms with Gasteiger partial charge in [0.05, 0.1) is 10.6 Å². The van der Waals surface area contributed by atoms with Crippen molar-refractivity contribution in [1.29, 1.82) is 0 Å². The zero-order valence-corrected chi connectivity index (χ0v) is 14.9. The lowest BCUT2D eigenvalue weighted by Gasteiger charge is -2.05. The maximum Gasteiger partial charge on any atom is 0.271 e. The molecular weight excluding hydrogens is 358 g/mol. The van der Waals surface area contributed by atoms with E-state index in [1.54, 1.807) is 42.5 Å². The molecule has 8 heteroatoms. The van der Waals surface area contributed by atoms with Crippen molar-refractivity contribution in [1.82, 2.24) is 15.0 Å². The zero-order valence-electron chi connectivity index (χ0n) is 14.9. The lowest BCUT2D eigenvalue weighted by Crippen LogP contribution is -2.11. The largest absolute Gasteiger partial charge is 0.322 e. The summed E-state index contributed by atoms with van der Waals surface area (Å²) in [5.41, 5.74) is 3.85. The van der Waals surface area contributed by atoms with Crippen molar-refractivity contribution in [3.8, 4) is 5.69 Å². The van der Waals surface area contributed by atoms with Crippen molar-refractivity contribution in [2.24, 2.45) is 0 Å². The number of nitrogens with zero attached hydrogens (tertiary/aromatic N) is 4. The molecule has 0 spiro atoms. The van der Waals surface area contributed by atoms with Crippen molar-refractivity contribution < 1.29 is 9.72 Å². The summed E-state index contributed by atoms with van der Waals surface area (Å²) in [7, 11) is 0. The summed E-state index contributed by atoms with van der Waals surface area (Å²) in [6.07, 6.45) is 0. The fraction of sp³-hybridized carbons (Fsp3) is 0.0500. The summed E-state index contributed by atoms with van der Waals surface area (Å²) in [4.78, 5) is 24.2. The highest BCUT2D eigenvalue weighted by Crippen LogP contribution is 2.20. The molecule has 1 N–H and O–H groups in total. The fourth-order valence-electron chi connectivity index (χ4n) is 2.75. The number of carbonyl (C=O) groups is 1. The topological polar surface area (TPSA) is 103 Å². The number of nitro groups is 1. The monoisotopic (exact) mass is 373 g/mol. The number of hydrogen-bond donors (Lipinski definition) is 1. The smallest absolute Gasteiger partial charge is 0.271 e. The molecule has 0 fully saturated rings. The summed E-state index contributed by atoms with van der Waals surface area (Å²) in [6.45, 7) is 1.96. The molecule has 1 amide bonds. The first-order chi connectivity index (χ1) is 13.5. The minimum atomic E-state index is -0.467. The van der Waals surface area contributed by atoms with E-state index in [-0.39, 0.29) is 11.6 Å². The molecule has 0 saturated carbocycles. The molecular formula is C20H15N5O3. The van der Waals surface area contributed by atoms with Crippen molar-refractivity contribution in [2.45, 2.75) is 6.92 Å². The molecule has 0 unspecified atom stereocenters. The van der Waals surface area contributed by atoms with Crippen LogP contribution in [0.4, 0.5) is 11.4 Å². The minimum Gasteiger partial charge on any atom is -0.322 e. The number of hydrogen-bond acceptors (Lipinski definition) is 5. The van der Waals surface area contributed by atoms with Gasteiger partial charge in [-0.15, -0.1) is 10.2 Å². The van der Waals surface area contributed by atoms with Crippen LogP contribution in [0.1, 0.15) is 15.9 Å². The van der Waals surface area contributed by atoms with Gasteiger partial charge in [-0.3, -0.25) is 14.9 Å². The van der Waals surface area contributed by atoms with Gasteiger partial charge < -0.3 is 5.32 Å². The maximum atomic E-state index is 12.4. The van der Waals surface area contributed by atoms with Gasteiger partial charge in [-0.05, 0) is 43.3 Å². The Morgan fingerprint density at radius 2 is 1.75 bits per heavy atom. The minimum absolute atomic E-state index is 0.0371. The highest BCUT2D eigenvalue weighted by atomic mass is 16.6. The first-order valence-corrected chi connectivity index (χ1v) is 8.49. The Bertz CT molecular complexity index is 1200. The van der Waals surface area contributed by atoms with Crippen LogP contribution in [0.25, 0.3) is 16.7 Å². The number of nitrogens with one attached hydrogen (secondary N) is 1. The lowest BCUT2D eigenvalue weighted by atomic mass is 10.1. The van der Waals surface area contributed by atoms with E-state index in [1.165, 1.54) is 16.9 Å². The second-order valence-corrected chi connectivity index (χ2v) is 6.29. The van der Waals surface area contributed by atoms with E-state index in [9.17, 15) is 14.9 Å². The predicted molar refractivity (Wildman–Crippen MR) is 105 cm³/mol. The number of aromatic nitrogens is 3. The standard InChI is InChI=1S/C20H15N5O3/c1-13-5-7-14(8-6-13)20(26)21-15-9-10-18-19(11-15)23-24(22-18)16-3-2-4-17(12-16)25(27)28/h2-12H,1H3,(H,21,26). The van der Waals surface area contributed by atoms with Gasteiger partial charge in [-0.1, -0.05) is 23.8 Å². The third-order valence-electron chi connectivity index (χ3n) is 4.22. The van der Waals surface area contributed by atoms with E-state index in [0.29, 0.717) is 28.0 Å². The van der Waals surface area contributed by atoms with Crippen LogP contribution in [0, 0.1) is 17.0 Å². The molecule has 138 valence electrons. The molecule has 0 atom stereocenters. The zero-order chi connectivity index (χ0) is 19.7. The van der Waals surface area contributed by atoms with Crippen LogP contribution in [0.3, 0.4) is 0 Å². The first-order valence-electron chi connectivity index (χ1n) is 8.49. The molecule has 1 heterocycles. The van der Waals surface area contributed by atoms with Gasteiger partial charge in [-0.2, -0.15) is 4.80 Å². The summed E-state index contributed by atoms with van der Waals surface area (Å²) < 4.78 is 0. The van der Waals surface area contributed by atoms with Gasteiger partial charge in [0.15, 0.2) is 0 Å². The van der Waals surface area contributed by atoms with Crippen LogP contribution >= 0.6 is 0 Å². The lowest BCUT2D eigenvalue weighted by molar-refractivity contribution is -0.384. The number of rotatable bonds is 4. The number of fused-ring (bicyclic) bond motifs is 1. The van der Waals surface area contributed by atoms with Gasteiger partial charge in [0.25, 0.3) is 11.6 Å². The van der Waals surface area contributed by atoms with E-state index in [1.807, 2.05) is 19.1 Å². The van der Waals surface area contributed by atoms with Crippen molar-refractivity contribution >= 4 is 28.3 Å². The molecule has 4 aromatic rings. The van der Waals surface area contributed by atoms with Crippen molar-refractivity contribution in [3.63, 3.8) is 0 Å². The van der Waals surface area contributed by atoms with E-state index in [4.69, 9.17) is 0 Å². The second-order valence-electron chi connectivity index (χ2n) is 6.29. The Labute approximate surface area is 159 Å². The van der Waals surface area contributed by atoms with E-state index in [0.717, 1.165) is 5.56 Å². The van der Waals surface area contributed by atoms with Gasteiger partial charge in [0, 0.05) is 23.4 Å². The third-order valence-corrected chi connectivity index (χ3v) is 4.22. The van der Waals surface area contributed by atoms with Crippen molar-refractivity contribution in [2.75, 3.05) is 5.32 Å². The normalized spacial score (nSPS) is 10.8. The summed E-state index contributed by atoms with van der Waals surface area (Å²) in [5.74, 6) is -0.217. The molecule has 8 nitrogen and oxygen atoms in total. The number of benzene rings is 3. The Morgan fingerprint density at radius 1 is 1.00 bits per heavy atom. The number of non-ortho nitro benzene ring substituents is 1. The van der Waals surface area contributed by atoms with Gasteiger partial charge in [-0.25, -0.2) is 0 Å². The molecule has 4 rings (SSSR count). The summed E-state index contributed by atoms with van der Waals surface area (Å²) in [5, 5.41) is 22.5. The molecule has 0 bridgehead atoms. The quantitative estimate of drug-likeness (QED) is 0.432. The van der Waals surface area contributed by atoms with Gasteiger partial charge >= 0.3 is 0 Å². The third kappa shape index (κ3) is 3.43. The highest BCUT2D eigenvalue weighted by molar-refractivity contribution is 6.04. The van der Waals surface area contributed by atoms with Gasteiger partial charge in [0.1, 0.15) is 11.0 Å². The van der Waals surface area contributed by atoms with E-state index < -0.39 is 4.92 Å². The molecule has 0 aliphatic rings. The Hall–Kier alpha value is -4.07. The van der Waals surface area contributed by atoms with Crippen molar-refractivity contribution in [3.05, 3.63) is 88.0 Å². The Balaban J connectivity index is 1.61. The number of nitro benzene ring substituents is 1. The molecule has 1 aromatic heterocycles. The maximum absolute atomic E-state index is 12.4. The highest BCUT2D eigenvalue weighted by Gasteiger charge is 2.11. The fourth-order valence-corrected chi connectivity index (χ4v) is 2.75. The van der Waals surface area contributed by atoms with Crippen LogP contribution in [0.2, 0.25) is 0 Å². The molecule has 0 saturated heterocycles. The van der Waals surface area contributed by atoms with E-state index in [2.05, 4.69) is 15.5 Å². The SMILES string of the molecule is Cc1ccc(C(=O)Nc2ccc3nn(-c4cccc([N+](=O)[O-])c4)nc3c2)cc1. The molecule has 0 radical (unpaired) electrons.